The van der Waals surface area contributed by atoms with Crippen LogP contribution in [-0.2, 0) is 10.2 Å². The number of nitrogens with zero attached hydrogens (tertiary/aromatic N) is 3. The van der Waals surface area contributed by atoms with Crippen molar-refractivity contribution in [3.05, 3.63) is 23.3 Å². The van der Waals surface area contributed by atoms with Gasteiger partial charge in [0, 0.05) is 30.4 Å². The van der Waals surface area contributed by atoms with E-state index in [1.165, 1.54) is 12.1 Å². The van der Waals surface area contributed by atoms with Crippen molar-refractivity contribution < 1.29 is 4.74 Å². The lowest BCUT2D eigenvalue weighted by Gasteiger charge is -2.39. The number of nitrogens with two attached hydrogens (primary N) is 1. The smallest absolute Gasteiger partial charge is 0.140 e. The third kappa shape index (κ3) is 2.26. The number of aryl methyl sites for hydroxylation is 1. The van der Waals surface area contributed by atoms with Gasteiger partial charge in [0.1, 0.15) is 5.82 Å². The Morgan fingerprint density at radius 1 is 1.47 bits per heavy atom. The molecule has 2 saturated heterocycles. The second-order valence-electron chi connectivity index (χ2n) is 5.98. The van der Waals surface area contributed by atoms with Crippen molar-refractivity contribution in [2.24, 2.45) is 5.73 Å². The van der Waals surface area contributed by atoms with Crippen LogP contribution in [0.25, 0.3) is 0 Å². The van der Waals surface area contributed by atoms with Crippen molar-refractivity contribution in [2.75, 3.05) is 39.9 Å². The minimum Gasteiger partial charge on any atom is -0.379 e. The highest BCUT2D eigenvalue weighted by Gasteiger charge is 2.42. The van der Waals surface area contributed by atoms with Gasteiger partial charge in [-0.2, -0.15) is 0 Å². The Kier molecular flexibility index (Phi) is 3.28. The van der Waals surface area contributed by atoms with Crippen LogP contribution in [0.2, 0.25) is 0 Å². The molecule has 2 N–H and O–H groups in total. The SMILES string of the molecule is Cc1cc(C2CCN(C)C2)nc(C2(CN)COC2)n1. The second kappa shape index (κ2) is 4.81. The average Bonchev–Trinajstić information content (AvgIpc) is 2.75. The molecule has 19 heavy (non-hydrogen) atoms. The monoisotopic (exact) mass is 262 g/mol. The van der Waals surface area contributed by atoms with E-state index in [-0.39, 0.29) is 5.41 Å². The Hall–Kier alpha value is -1.04. The molecule has 0 aromatic carbocycles. The molecule has 2 fully saturated rings. The molecule has 1 aromatic heterocycles. The van der Waals surface area contributed by atoms with Gasteiger partial charge in [-0.25, -0.2) is 9.97 Å². The van der Waals surface area contributed by atoms with Gasteiger partial charge in [-0.15, -0.1) is 0 Å². The maximum Gasteiger partial charge on any atom is 0.140 e. The first-order valence-electron chi connectivity index (χ1n) is 6.95. The standard InChI is InChI=1S/C14H22N4O/c1-10-5-12(11-3-4-18(2)6-11)17-13(16-10)14(7-15)8-19-9-14/h5,11H,3-4,6-9,15H2,1-2H3. The van der Waals surface area contributed by atoms with Gasteiger partial charge in [0.05, 0.1) is 18.6 Å². The lowest BCUT2D eigenvalue weighted by molar-refractivity contribution is -0.0595. The molecule has 3 heterocycles. The van der Waals surface area contributed by atoms with Crippen LogP contribution in [0.3, 0.4) is 0 Å². The first kappa shape index (κ1) is 13.0. The quantitative estimate of drug-likeness (QED) is 0.856. The summed E-state index contributed by atoms with van der Waals surface area (Å²) >= 11 is 0. The van der Waals surface area contributed by atoms with E-state index in [1.807, 2.05) is 6.92 Å². The fourth-order valence-corrected chi connectivity index (χ4v) is 2.90. The second-order valence-corrected chi connectivity index (χ2v) is 5.98. The van der Waals surface area contributed by atoms with Crippen LogP contribution < -0.4 is 5.73 Å². The van der Waals surface area contributed by atoms with Crippen molar-refractivity contribution in [2.45, 2.75) is 24.7 Å². The van der Waals surface area contributed by atoms with Crippen molar-refractivity contribution in [1.29, 1.82) is 0 Å². The van der Waals surface area contributed by atoms with Gasteiger partial charge in [-0.3, -0.25) is 0 Å². The lowest BCUT2D eigenvalue weighted by Crippen LogP contribution is -2.53. The molecule has 1 aromatic rings. The molecule has 0 saturated carbocycles. The summed E-state index contributed by atoms with van der Waals surface area (Å²) in [6.07, 6.45) is 1.18. The molecule has 2 aliphatic heterocycles. The van der Waals surface area contributed by atoms with Crippen molar-refractivity contribution in [3.8, 4) is 0 Å². The summed E-state index contributed by atoms with van der Waals surface area (Å²) in [4.78, 5) is 11.8. The molecule has 1 unspecified atom stereocenters. The Balaban J connectivity index is 1.92. The van der Waals surface area contributed by atoms with Crippen LogP contribution in [0.4, 0.5) is 0 Å². The Morgan fingerprint density at radius 2 is 2.26 bits per heavy atom. The van der Waals surface area contributed by atoms with Gasteiger partial charge in [-0.1, -0.05) is 0 Å². The zero-order valence-electron chi connectivity index (χ0n) is 11.7. The van der Waals surface area contributed by atoms with E-state index >= 15 is 0 Å². The maximum atomic E-state index is 5.91. The first-order valence-corrected chi connectivity index (χ1v) is 6.95. The van der Waals surface area contributed by atoms with Crippen LogP contribution in [0.1, 0.15) is 29.6 Å². The number of rotatable bonds is 3. The summed E-state index contributed by atoms with van der Waals surface area (Å²) in [7, 11) is 2.16. The molecule has 104 valence electrons. The molecule has 0 radical (unpaired) electrons. The summed E-state index contributed by atoms with van der Waals surface area (Å²) in [5.41, 5.74) is 7.97. The van der Waals surface area contributed by atoms with Crippen molar-refractivity contribution in [1.82, 2.24) is 14.9 Å². The molecular formula is C14H22N4O. The third-order valence-corrected chi connectivity index (χ3v) is 4.31. The van der Waals surface area contributed by atoms with Gasteiger partial charge >= 0.3 is 0 Å². The van der Waals surface area contributed by atoms with Crippen LogP contribution in [-0.4, -0.2) is 54.8 Å². The zero-order chi connectivity index (χ0) is 13.5. The van der Waals surface area contributed by atoms with E-state index in [2.05, 4.69) is 23.0 Å². The van der Waals surface area contributed by atoms with Gasteiger partial charge < -0.3 is 15.4 Å². The molecule has 0 bridgehead atoms. The fourth-order valence-electron chi connectivity index (χ4n) is 2.90. The minimum atomic E-state index is -0.148. The Bertz CT molecular complexity index is 467. The number of likely N-dealkylation sites (tertiary alicyclic amines) is 1. The number of hydrogen-bond acceptors (Lipinski definition) is 5. The van der Waals surface area contributed by atoms with Crippen LogP contribution in [0, 0.1) is 6.92 Å². The van der Waals surface area contributed by atoms with Crippen LogP contribution in [0.15, 0.2) is 6.07 Å². The van der Waals surface area contributed by atoms with E-state index in [1.54, 1.807) is 0 Å². The number of aromatic nitrogens is 2. The van der Waals surface area contributed by atoms with Crippen LogP contribution >= 0.6 is 0 Å². The van der Waals surface area contributed by atoms with Gasteiger partial charge in [0.25, 0.3) is 0 Å². The van der Waals surface area contributed by atoms with Gasteiger partial charge in [0.15, 0.2) is 0 Å². The fraction of sp³-hybridized carbons (Fsp3) is 0.714. The predicted octanol–water partition coefficient (Wildman–Crippen LogP) is 0.431. The molecule has 1 atom stereocenters. The van der Waals surface area contributed by atoms with Gasteiger partial charge in [0.2, 0.25) is 0 Å². The van der Waals surface area contributed by atoms with Crippen molar-refractivity contribution in [3.63, 3.8) is 0 Å². The largest absolute Gasteiger partial charge is 0.379 e. The average molecular weight is 262 g/mol. The summed E-state index contributed by atoms with van der Waals surface area (Å²) in [6, 6.07) is 2.12. The summed E-state index contributed by atoms with van der Waals surface area (Å²) < 4.78 is 5.34. The summed E-state index contributed by atoms with van der Waals surface area (Å²) in [5.74, 6) is 1.41. The third-order valence-electron chi connectivity index (χ3n) is 4.31. The molecular weight excluding hydrogens is 240 g/mol. The van der Waals surface area contributed by atoms with E-state index in [4.69, 9.17) is 15.5 Å². The molecule has 5 heteroatoms. The molecule has 0 spiro atoms. The van der Waals surface area contributed by atoms with E-state index in [9.17, 15) is 0 Å². The van der Waals surface area contributed by atoms with Crippen molar-refractivity contribution >= 4 is 0 Å². The molecule has 3 rings (SSSR count). The normalized spacial score (nSPS) is 26.4. The number of ether oxygens (including phenoxy) is 1. The van der Waals surface area contributed by atoms with Gasteiger partial charge in [-0.05, 0) is 33.0 Å². The Morgan fingerprint density at radius 3 is 2.79 bits per heavy atom. The molecule has 0 amide bonds. The Labute approximate surface area is 114 Å². The highest BCUT2D eigenvalue weighted by Crippen LogP contribution is 2.31. The highest BCUT2D eigenvalue weighted by atomic mass is 16.5. The first-order chi connectivity index (χ1) is 9.13. The topological polar surface area (TPSA) is 64.3 Å². The van der Waals surface area contributed by atoms with E-state index in [0.717, 1.165) is 24.6 Å². The number of hydrogen-bond donors (Lipinski definition) is 1. The van der Waals surface area contributed by atoms with E-state index in [0.29, 0.717) is 25.7 Å². The minimum absolute atomic E-state index is 0.148. The molecule has 5 nitrogen and oxygen atoms in total. The maximum absolute atomic E-state index is 5.91. The highest BCUT2D eigenvalue weighted by molar-refractivity contribution is 5.22. The van der Waals surface area contributed by atoms with E-state index < -0.39 is 0 Å². The lowest BCUT2D eigenvalue weighted by atomic mass is 9.84. The zero-order valence-corrected chi connectivity index (χ0v) is 11.7. The predicted molar refractivity (Wildman–Crippen MR) is 73.2 cm³/mol. The summed E-state index contributed by atoms with van der Waals surface area (Å²) in [6.45, 7) is 6.13. The number of likely N-dealkylation sites (N-methyl/N-ethyl adjacent to an activating group) is 1. The molecule has 2 aliphatic rings. The molecule has 0 aliphatic carbocycles. The summed E-state index contributed by atoms with van der Waals surface area (Å²) in [5, 5.41) is 0. The van der Waals surface area contributed by atoms with Crippen LogP contribution in [0.5, 0.6) is 0 Å².